The Hall–Kier alpha value is -1.60. The maximum atomic E-state index is 13.6. The van der Waals surface area contributed by atoms with Crippen molar-refractivity contribution in [1.29, 1.82) is 5.26 Å². The third-order valence-electron chi connectivity index (χ3n) is 3.37. The Morgan fingerprint density at radius 1 is 1.50 bits per heavy atom. The zero-order valence-corrected chi connectivity index (χ0v) is 10.4. The summed E-state index contributed by atoms with van der Waals surface area (Å²) in [6.07, 6.45) is 3.53. The molecule has 0 bridgehead atoms. The molecule has 1 heterocycles. The van der Waals surface area contributed by atoms with Gasteiger partial charge in [0.25, 0.3) is 0 Å². The summed E-state index contributed by atoms with van der Waals surface area (Å²) in [5.74, 6) is 0.337. The maximum Gasteiger partial charge on any atom is 0.147 e. The monoisotopic (exact) mass is 247 g/mol. The van der Waals surface area contributed by atoms with Crippen LogP contribution in [0.4, 0.5) is 10.1 Å². The number of halogens is 1. The third-order valence-corrected chi connectivity index (χ3v) is 3.37. The summed E-state index contributed by atoms with van der Waals surface area (Å²) < 4.78 is 13.6. The number of hydrogen-bond donors (Lipinski definition) is 2. The molecule has 0 aliphatic carbocycles. The number of nitriles is 1. The largest absolute Gasteiger partial charge is 0.383 e. The number of rotatable bonds is 4. The van der Waals surface area contributed by atoms with E-state index < -0.39 is 0 Å². The Morgan fingerprint density at radius 3 is 3.06 bits per heavy atom. The molecule has 0 spiro atoms. The highest BCUT2D eigenvalue weighted by molar-refractivity contribution is 5.48. The van der Waals surface area contributed by atoms with Crippen molar-refractivity contribution in [1.82, 2.24) is 5.32 Å². The van der Waals surface area contributed by atoms with E-state index >= 15 is 0 Å². The van der Waals surface area contributed by atoms with Crippen molar-refractivity contribution < 1.29 is 4.39 Å². The van der Waals surface area contributed by atoms with Crippen molar-refractivity contribution in [2.24, 2.45) is 5.92 Å². The highest BCUT2D eigenvalue weighted by atomic mass is 19.1. The zero-order valence-electron chi connectivity index (χ0n) is 10.4. The van der Waals surface area contributed by atoms with Gasteiger partial charge in [-0.3, -0.25) is 0 Å². The number of anilines is 1. The molecule has 1 fully saturated rings. The molecule has 1 unspecified atom stereocenters. The molecule has 2 rings (SSSR count). The lowest BCUT2D eigenvalue weighted by Crippen LogP contribution is -2.30. The van der Waals surface area contributed by atoms with Crippen LogP contribution < -0.4 is 10.6 Å². The standard InChI is InChI=1S/C14H18FN3/c15-13-8-12(9-16)3-4-14(13)18-7-5-11-2-1-6-17-10-11/h3-4,8,11,17-18H,1-2,5-7,10H2. The van der Waals surface area contributed by atoms with Gasteiger partial charge in [0.1, 0.15) is 5.82 Å². The van der Waals surface area contributed by atoms with Crippen LogP contribution in [0.5, 0.6) is 0 Å². The molecule has 18 heavy (non-hydrogen) atoms. The second-order valence-electron chi connectivity index (χ2n) is 4.73. The minimum atomic E-state index is -0.351. The number of piperidine rings is 1. The molecule has 96 valence electrons. The molecule has 0 amide bonds. The number of nitrogens with zero attached hydrogens (tertiary/aromatic N) is 1. The zero-order chi connectivity index (χ0) is 12.8. The van der Waals surface area contributed by atoms with Crippen LogP contribution in [0.15, 0.2) is 18.2 Å². The van der Waals surface area contributed by atoms with Gasteiger partial charge in [0.2, 0.25) is 0 Å². The Balaban J connectivity index is 1.81. The number of benzene rings is 1. The minimum absolute atomic E-state index is 0.351. The van der Waals surface area contributed by atoms with Gasteiger partial charge in [-0.05, 0) is 56.5 Å². The van der Waals surface area contributed by atoms with E-state index in [0.29, 0.717) is 17.2 Å². The molecule has 3 nitrogen and oxygen atoms in total. The summed E-state index contributed by atoms with van der Waals surface area (Å²) in [5.41, 5.74) is 0.840. The van der Waals surface area contributed by atoms with E-state index in [4.69, 9.17) is 5.26 Å². The minimum Gasteiger partial charge on any atom is -0.383 e. The van der Waals surface area contributed by atoms with Crippen molar-refractivity contribution in [3.63, 3.8) is 0 Å². The first kappa shape index (κ1) is 12.8. The second-order valence-corrected chi connectivity index (χ2v) is 4.73. The van der Waals surface area contributed by atoms with Gasteiger partial charge in [0.05, 0.1) is 17.3 Å². The Bertz CT molecular complexity index is 433. The molecule has 1 aliphatic rings. The summed E-state index contributed by atoms with van der Waals surface area (Å²) >= 11 is 0. The van der Waals surface area contributed by atoms with E-state index in [1.165, 1.54) is 18.9 Å². The molecule has 1 atom stereocenters. The SMILES string of the molecule is N#Cc1ccc(NCCC2CCCNC2)c(F)c1. The van der Waals surface area contributed by atoms with E-state index in [-0.39, 0.29) is 5.82 Å². The van der Waals surface area contributed by atoms with E-state index in [1.54, 1.807) is 12.1 Å². The normalized spacial score (nSPS) is 19.2. The van der Waals surface area contributed by atoms with Crippen molar-refractivity contribution >= 4 is 5.69 Å². The molecular formula is C14H18FN3. The molecule has 1 saturated heterocycles. The first-order valence-corrected chi connectivity index (χ1v) is 6.44. The first-order valence-electron chi connectivity index (χ1n) is 6.44. The van der Waals surface area contributed by atoms with Crippen LogP contribution in [0.25, 0.3) is 0 Å². The summed E-state index contributed by atoms with van der Waals surface area (Å²) in [4.78, 5) is 0. The average molecular weight is 247 g/mol. The maximum absolute atomic E-state index is 13.6. The quantitative estimate of drug-likeness (QED) is 0.859. The molecule has 4 heteroatoms. The molecular weight excluding hydrogens is 229 g/mol. The third kappa shape index (κ3) is 3.44. The lowest BCUT2D eigenvalue weighted by Gasteiger charge is -2.22. The highest BCUT2D eigenvalue weighted by Crippen LogP contribution is 2.17. The summed E-state index contributed by atoms with van der Waals surface area (Å²) in [7, 11) is 0. The van der Waals surface area contributed by atoms with Crippen molar-refractivity contribution in [3.05, 3.63) is 29.6 Å². The molecule has 1 aliphatic heterocycles. The molecule has 1 aromatic carbocycles. The fourth-order valence-electron chi connectivity index (χ4n) is 2.31. The molecule has 2 N–H and O–H groups in total. The van der Waals surface area contributed by atoms with Crippen LogP contribution in [0.2, 0.25) is 0 Å². The fourth-order valence-corrected chi connectivity index (χ4v) is 2.31. The lowest BCUT2D eigenvalue weighted by atomic mass is 9.96. The van der Waals surface area contributed by atoms with E-state index in [9.17, 15) is 4.39 Å². The molecule has 0 saturated carbocycles. The van der Waals surface area contributed by atoms with Crippen LogP contribution in [0, 0.1) is 23.1 Å². The van der Waals surface area contributed by atoms with Crippen LogP contribution in [-0.4, -0.2) is 19.6 Å². The van der Waals surface area contributed by atoms with E-state index in [2.05, 4.69) is 10.6 Å². The number of hydrogen-bond acceptors (Lipinski definition) is 3. The lowest BCUT2D eigenvalue weighted by molar-refractivity contribution is 0.364. The van der Waals surface area contributed by atoms with Gasteiger partial charge in [0.15, 0.2) is 0 Å². The Kier molecular flexibility index (Phi) is 4.54. The highest BCUT2D eigenvalue weighted by Gasteiger charge is 2.12. The Labute approximate surface area is 107 Å². The summed E-state index contributed by atoms with van der Waals surface area (Å²) in [6, 6.07) is 6.46. The summed E-state index contributed by atoms with van der Waals surface area (Å²) in [6.45, 7) is 2.96. The van der Waals surface area contributed by atoms with Crippen molar-refractivity contribution in [2.45, 2.75) is 19.3 Å². The smallest absolute Gasteiger partial charge is 0.147 e. The van der Waals surface area contributed by atoms with Crippen LogP contribution in [0.1, 0.15) is 24.8 Å². The van der Waals surface area contributed by atoms with Gasteiger partial charge < -0.3 is 10.6 Å². The van der Waals surface area contributed by atoms with Crippen molar-refractivity contribution in [3.8, 4) is 6.07 Å². The molecule has 1 aromatic rings. The van der Waals surface area contributed by atoms with Crippen LogP contribution >= 0.6 is 0 Å². The fraction of sp³-hybridized carbons (Fsp3) is 0.500. The van der Waals surface area contributed by atoms with Gasteiger partial charge in [-0.15, -0.1) is 0 Å². The predicted octanol–water partition coefficient (Wildman–Crippen LogP) is 2.50. The number of nitrogens with one attached hydrogen (secondary N) is 2. The van der Waals surface area contributed by atoms with E-state index in [0.717, 1.165) is 26.1 Å². The first-order chi connectivity index (χ1) is 8.79. The Morgan fingerprint density at radius 2 is 2.39 bits per heavy atom. The van der Waals surface area contributed by atoms with Gasteiger partial charge >= 0.3 is 0 Å². The molecule has 0 radical (unpaired) electrons. The van der Waals surface area contributed by atoms with Gasteiger partial charge in [-0.25, -0.2) is 4.39 Å². The van der Waals surface area contributed by atoms with Gasteiger partial charge in [0, 0.05) is 6.54 Å². The van der Waals surface area contributed by atoms with Crippen molar-refractivity contribution in [2.75, 3.05) is 25.0 Å². The summed E-state index contributed by atoms with van der Waals surface area (Å²) in [5, 5.41) is 15.1. The van der Waals surface area contributed by atoms with E-state index in [1.807, 2.05) is 6.07 Å². The van der Waals surface area contributed by atoms with Gasteiger partial charge in [-0.1, -0.05) is 0 Å². The average Bonchev–Trinajstić information content (AvgIpc) is 2.42. The second kappa shape index (κ2) is 6.36. The predicted molar refractivity (Wildman–Crippen MR) is 69.8 cm³/mol. The van der Waals surface area contributed by atoms with Crippen LogP contribution in [-0.2, 0) is 0 Å². The molecule has 0 aromatic heterocycles. The van der Waals surface area contributed by atoms with Crippen LogP contribution in [0.3, 0.4) is 0 Å². The topological polar surface area (TPSA) is 47.9 Å². The van der Waals surface area contributed by atoms with Gasteiger partial charge in [-0.2, -0.15) is 5.26 Å².